The van der Waals surface area contributed by atoms with E-state index in [9.17, 15) is 19.2 Å². The first-order valence-corrected chi connectivity index (χ1v) is 20.7. The molecule has 5 aliphatic rings. The number of imidazole rings is 1. The largest absolute Gasteiger partial charge is 0.514 e. The van der Waals surface area contributed by atoms with Crippen LogP contribution in [0.5, 0.6) is 11.5 Å². The van der Waals surface area contributed by atoms with Gasteiger partial charge in [-0.1, -0.05) is 19.9 Å². The highest BCUT2D eigenvalue weighted by Gasteiger charge is 2.67. The number of rotatable bonds is 10. The van der Waals surface area contributed by atoms with Gasteiger partial charge >= 0.3 is 25.3 Å². The van der Waals surface area contributed by atoms with Crippen LogP contribution in [0.2, 0.25) is 6.32 Å². The van der Waals surface area contributed by atoms with Crippen molar-refractivity contribution in [2.75, 3.05) is 27.2 Å². The van der Waals surface area contributed by atoms with Crippen LogP contribution in [0.1, 0.15) is 124 Å². The number of amides is 1. The Labute approximate surface area is 348 Å². The van der Waals surface area contributed by atoms with Crippen LogP contribution in [0.15, 0.2) is 24.7 Å². The van der Waals surface area contributed by atoms with Gasteiger partial charge in [-0.25, -0.2) is 23.9 Å². The van der Waals surface area contributed by atoms with E-state index in [1.807, 2.05) is 0 Å². The Balaban J connectivity index is 1.22. The molecule has 1 unspecified atom stereocenters. The van der Waals surface area contributed by atoms with Crippen LogP contribution >= 0.6 is 0 Å². The number of likely N-dealkylation sites (N-methyl/N-ethyl adjacent to an activating group) is 1. The molecule has 7 rings (SSSR count). The quantitative estimate of drug-likeness (QED) is 0.104. The van der Waals surface area contributed by atoms with Crippen LogP contribution in [0.3, 0.4) is 0 Å². The van der Waals surface area contributed by atoms with Gasteiger partial charge in [-0.2, -0.15) is 0 Å². The van der Waals surface area contributed by atoms with Gasteiger partial charge in [0.2, 0.25) is 5.91 Å². The highest BCUT2D eigenvalue weighted by molar-refractivity contribution is 6.45. The molecule has 2 aliphatic heterocycles. The van der Waals surface area contributed by atoms with Gasteiger partial charge in [0.1, 0.15) is 46.6 Å². The Hall–Kier alpha value is -4.15. The maximum atomic E-state index is 14.1. The summed E-state index contributed by atoms with van der Waals surface area (Å²) in [7, 11) is 3.03. The lowest BCUT2D eigenvalue weighted by atomic mass is 9.43. The van der Waals surface area contributed by atoms with Crippen LogP contribution in [0.25, 0.3) is 0 Å². The summed E-state index contributed by atoms with van der Waals surface area (Å²) in [5.41, 5.74) is -1.79. The van der Waals surface area contributed by atoms with Gasteiger partial charge in [0.25, 0.3) is 0 Å². The van der Waals surface area contributed by atoms with E-state index in [2.05, 4.69) is 25.8 Å². The summed E-state index contributed by atoms with van der Waals surface area (Å²) in [5, 5.41) is 0. The molecule has 2 aromatic rings. The van der Waals surface area contributed by atoms with Gasteiger partial charge in [-0.15, -0.1) is 0 Å². The van der Waals surface area contributed by atoms with Crippen molar-refractivity contribution in [3.8, 4) is 11.5 Å². The van der Waals surface area contributed by atoms with E-state index < -0.39 is 54.3 Å². The predicted octanol–water partition coefficient (Wildman–Crippen LogP) is 7.10. The lowest BCUT2D eigenvalue weighted by Crippen LogP contribution is -2.65. The fraction of sp³-hybridized carbons (Fsp3) is 0.698. The number of aromatic nitrogens is 2. The Morgan fingerprint density at radius 2 is 1.58 bits per heavy atom. The maximum Gasteiger partial charge on any atom is 0.514 e. The summed E-state index contributed by atoms with van der Waals surface area (Å²) < 4.78 is 43.6. The van der Waals surface area contributed by atoms with Crippen molar-refractivity contribution in [2.24, 2.45) is 17.3 Å². The third-order valence-corrected chi connectivity index (χ3v) is 11.7. The molecule has 3 aliphatic carbocycles. The number of carbonyl (C=O) groups excluding carboxylic acids is 4. The molecule has 5 fully saturated rings. The fourth-order valence-corrected chi connectivity index (χ4v) is 8.80. The Morgan fingerprint density at radius 1 is 0.932 bits per heavy atom. The van der Waals surface area contributed by atoms with E-state index in [0.717, 1.165) is 12.8 Å². The summed E-state index contributed by atoms with van der Waals surface area (Å²) in [4.78, 5) is 61.6. The molecule has 15 nitrogen and oxygen atoms in total. The molecule has 5 atom stereocenters. The Bertz CT molecular complexity index is 1940. The number of hydrogen-bond acceptors (Lipinski definition) is 13. The number of hydrogen-bond donors (Lipinski definition) is 0. The van der Waals surface area contributed by atoms with Gasteiger partial charge < -0.3 is 37.9 Å². The number of aryl methyl sites for hydroxylation is 1. The second kappa shape index (κ2) is 15.7. The molecule has 3 heterocycles. The Morgan fingerprint density at radius 3 is 2.17 bits per heavy atom. The molecule has 2 bridgehead atoms. The standard InChI is InChI=1S/C43H63BN4O11/c1-39(2,3)55-36(50)32-29(53-27-21-47(22-27)35(49)33(46(13)14)28-23-48(24-45-28)37(51)56-40(4,5)6)16-15-25(34(32)54-38(52)57-41(7,8)9)17-18-44-58-31-20-26-19-30(42(26,10)11)43(31,12)59-44/h15-16,23-24,26-27,30-31,33H,17-22H2,1-14H3/t26-,30-,31+,33?,43-/m0/s1. The molecule has 16 heteroatoms. The minimum absolute atomic E-state index is 0.00586. The summed E-state index contributed by atoms with van der Waals surface area (Å²) >= 11 is 0. The molecule has 324 valence electrons. The van der Waals surface area contributed by atoms with Crippen molar-refractivity contribution in [2.45, 2.75) is 149 Å². The molecule has 0 spiro atoms. The summed E-state index contributed by atoms with van der Waals surface area (Å²) in [6.07, 6.45) is 3.61. The van der Waals surface area contributed by atoms with Crippen LogP contribution in [0.4, 0.5) is 9.59 Å². The second-order valence-electron chi connectivity index (χ2n) is 20.5. The molecule has 1 aromatic carbocycles. The average molecular weight is 823 g/mol. The first-order valence-electron chi connectivity index (χ1n) is 20.7. The normalized spacial score (nSPS) is 24.4. The van der Waals surface area contributed by atoms with Crippen LogP contribution in [-0.4, -0.2) is 112 Å². The van der Waals surface area contributed by atoms with Crippen molar-refractivity contribution < 1.29 is 52.2 Å². The SMILES string of the molecule is CN(C)C(C(=O)N1CC(Oc2ccc(CCB3O[C@@H]4C[C@@H]5C[C@@H](C5(C)C)[C@]4(C)O3)c(OC(=O)OC(C)(C)C)c2C(=O)OC(C)(C)C)C1)c1cn(C(=O)OC(C)(C)C)cn1. The topological polar surface area (TPSA) is 157 Å². The molecule has 3 saturated carbocycles. The summed E-state index contributed by atoms with van der Waals surface area (Å²) in [6, 6.07) is 2.64. The molecular formula is C43H63BN4O11. The first kappa shape index (κ1) is 44.4. The molecule has 59 heavy (non-hydrogen) atoms. The van der Waals surface area contributed by atoms with Crippen LogP contribution in [0, 0.1) is 17.3 Å². The molecule has 1 aromatic heterocycles. The van der Waals surface area contributed by atoms with Crippen molar-refractivity contribution >= 4 is 31.2 Å². The van der Waals surface area contributed by atoms with Gasteiger partial charge in [-0.3, -0.25) is 9.69 Å². The van der Waals surface area contributed by atoms with Crippen LogP contribution in [-0.2, 0) is 34.7 Å². The van der Waals surface area contributed by atoms with E-state index in [1.165, 1.54) is 17.1 Å². The second-order valence-corrected chi connectivity index (χ2v) is 20.5. The van der Waals surface area contributed by atoms with E-state index in [0.29, 0.717) is 35.8 Å². The van der Waals surface area contributed by atoms with E-state index in [1.54, 1.807) is 98.3 Å². The minimum atomic E-state index is -0.987. The van der Waals surface area contributed by atoms with Crippen molar-refractivity contribution in [3.63, 3.8) is 0 Å². The third kappa shape index (κ3) is 9.59. The Kier molecular flexibility index (Phi) is 11.8. The first-order chi connectivity index (χ1) is 27.1. The highest BCUT2D eigenvalue weighted by Crippen LogP contribution is 2.65. The van der Waals surface area contributed by atoms with E-state index in [-0.39, 0.29) is 53.2 Å². The number of ether oxygens (including phenoxy) is 5. The van der Waals surface area contributed by atoms with Gasteiger partial charge in [0.05, 0.1) is 30.5 Å². The lowest BCUT2D eigenvalue weighted by molar-refractivity contribution is -0.199. The summed E-state index contributed by atoms with van der Waals surface area (Å²) in [6.45, 7) is 22.9. The number of esters is 1. The van der Waals surface area contributed by atoms with E-state index >= 15 is 0 Å². The van der Waals surface area contributed by atoms with Gasteiger partial charge in [-0.05, 0) is 138 Å². The zero-order chi connectivity index (χ0) is 43.6. The molecule has 0 N–H and O–H groups in total. The number of likely N-dealkylation sites (tertiary alicyclic amines) is 1. The smallest absolute Gasteiger partial charge is 0.486 e. The van der Waals surface area contributed by atoms with E-state index in [4.69, 9.17) is 33.0 Å². The molecule has 2 saturated heterocycles. The zero-order valence-corrected chi connectivity index (χ0v) is 37.3. The number of carbonyl (C=O) groups is 4. The summed E-state index contributed by atoms with van der Waals surface area (Å²) in [5.74, 6) is 0.120. The average Bonchev–Trinajstić information content (AvgIpc) is 3.67. The van der Waals surface area contributed by atoms with Crippen molar-refractivity contribution in [1.29, 1.82) is 0 Å². The molecular weight excluding hydrogens is 759 g/mol. The fourth-order valence-electron chi connectivity index (χ4n) is 8.80. The molecule has 0 radical (unpaired) electrons. The maximum absolute atomic E-state index is 14.1. The number of nitrogens with zero attached hydrogens (tertiary/aromatic N) is 4. The highest BCUT2D eigenvalue weighted by atomic mass is 16.7. The van der Waals surface area contributed by atoms with Gasteiger partial charge in [0, 0.05) is 6.20 Å². The third-order valence-electron chi connectivity index (χ3n) is 11.7. The lowest BCUT2D eigenvalue weighted by Gasteiger charge is -2.64. The van der Waals surface area contributed by atoms with Crippen LogP contribution < -0.4 is 9.47 Å². The zero-order valence-electron chi connectivity index (χ0n) is 37.3. The van der Waals surface area contributed by atoms with Gasteiger partial charge in [0.15, 0.2) is 5.75 Å². The van der Waals surface area contributed by atoms with Crippen molar-refractivity contribution in [3.05, 3.63) is 41.5 Å². The van der Waals surface area contributed by atoms with Crippen molar-refractivity contribution in [1.82, 2.24) is 19.4 Å². The molecule has 1 amide bonds. The number of benzene rings is 1. The predicted molar refractivity (Wildman–Crippen MR) is 218 cm³/mol. The minimum Gasteiger partial charge on any atom is -0.486 e. The monoisotopic (exact) mass is 822 g/mol.